The van der Waals surface area contributed by atoms with E-state index in [1.807, 2.05) is 18.5 Å². The normalized spacial score (nSPS) is 28.6. The van der Waals surface area contributed by atoms with E-state index in [-0.39, 0.29) is 11.5 Å². The molecular weight excluding hydrogens is 360 g/mol. The Labute approximate surface area is 175 Å². The third-order valence-corrected chi connectivity index (χ3v) is 7.94. The minimum absolute atomic E-state index is 0.243. The first-order valence-corrected chi connectivity index (χ1v) is 11.9. The zero-order chi connectivity index (χ0) is 19.7. The van der Waals surface area contributed by atoms with Crippen LogP contribution in [0.15, 0.2) is 24.5 Å². The second kappa shape index (κ2) is 8.35. The summed E-state index contributed by atoms with van der Waals surface area (Å²) in [6.45, 7) is 6.52. The van der Waals surface area contributed by atoms with E-state index in [0.29, 0.717) is 11.9 Å². The molecule has 1 aliphatic carbocycles. The van der Waals surface area contributed by atoms with Gasteiger partial charge < -0.3 is 4.90 Å². The summed E-state index contributed by atoms with van der Waals surface area (Å²) in [5.74, 6) is 0.730. The molecule has 4 aliphatic rings. The smallest absolute Gasteiger partial charge is 0.227 e. The number of piperidine rings is 3. The molecule has 1 aromatic heterocycles. The fraction of sp³-hybridized carbons (Fsp3) is 0.750. The van der Waals surface area contributed by atoms with Gasteiger partial charge in [-0.05, 0) is 89.1 Å². The van der Waals surface area contributed by atoms with E-state index in [2.05, 4.69) is 25.8 Å². The van der Waals surface area contributed by atoms with E-state index in [4.69, 9.17) is 0 Å². The molecule has 0 aromatic carbocycles. The Morgan fingerprint density at radius 3 is 2.66 bits per heavy atom. The van der Waals surface area contributed by atoms with Crippen LogP contribution in [-0.4, -0.2) is 69.9 Å². The number of nitrogens with zero attached hydrogens (tertiary/aromatic N) is 4. The van der Waals surface area contributed by atoms with Gasteiger partial charge in [-0.25, -0.2) is 0 Å². The molecule has 4 fully saturated rings. The molecule has 0 radical (unpaired) electrons. The van der Waals surface area contributed by atoms with Crippen LogP contribution in [0.4, 0.5) is 0 Å². The van der Waals surface area contributed by atoms with Crippen molar-refractivity contribution in [1.29, 1.82) is 0 Å². The Balaban J connectivity index is 1.14. The number of carbonyl (C=O) groups excluding carboxylic acids is 1. The summed E-state index contributed by atoms with van der Waals surface area (Å²) in [5, 5.41) is 0. The quantitative estimate of drug-likeness (QED) is 0.783. The molecular formula is C24H36N4O. The summed E-state index contributed by atoms with van der Waals surface area (Å²) in [6.07, 6.45) is 14.9. The highest BCUT2D eigenvalue weighted by Crippen LogP contribution is 2.49. The lowest BCUT2D eigenvalue weighted by molar-refractivity contribution is -0.142. The number of carbonyl (C=O) groups is 1. The highest BCUT2D eigenvalue weighted by molar-refractivity contribution is 5.80. The van der Waals surface area contributed by atoms with Crippen molar-refractivity contribution in [2.45, 2.75) is 75.9 Å². The van der Waals surface area contributed by atoms with E-state index >= 15 is 0 Å². The van der Waals surface area contributed by atoms with Crippen LogP contribution in [0.2, 0.25) is 0 Å². The third kappa shape index (κ3) is 4.22. The summed E-state index contributed by atoms with van der Waals surface area (Å²) < 4.78 is 0. The first kappa shape index (κ1) is 19.5. The molecule has 158 valence electrons. The molecule has 5 rings (SSSR count). The maximum atomic E-state index is 13.4. The highest BCUT2D eigenvalue weighted by Gasteiger charge is 2.52. The molecule has 3 aliphatic heterocycles. The molecule has 1 spiro atoms. The number of rotatable bonds is 4. The Bertz CT molecular complexity index is 696. The molecule has 0 unspecified atom stereocenters. The van der Waals surface area contributed by atoms with Crippen molar-refractivity contribution in [3.8, 4) is 0 Å². The minimum Gasteiger partial charge on any atom is -0.337 e. The second-order valence-corrected chi connectivity index (χ2v) is 9.87. The lowest BCUT2D eigenvalue weighted by Crippen LogP contribution is -2.54. The number of likely N-dealkylation sites (tertiary alicyclic amines) is 3. The zero-order valence-electron chi connectivity index (χ0n) is 17.8. The summed E-state index contributed by atoms with van der Waals surface area (Å²) >= 11 is 0. The minimum atomic E-state index is 0.243. The van der Waals surface area contributed by atoms with Gasteiger partial charge in [0.15, 0.2) is 0 Å². The SMILES string of the molecule is O=C([C@H]1CCCN(C2CCN(Cc3cccnc3)CC2)C1)N1CCCCC12CC2. The van der Waals surface area contributed by atoms with Crippen LogP contribution in [0.5, 0.6) is 0 Å². The van der Waals surface area contributed by atoms with Crippen LogP contribution in [0.25, 0.3) is 0 Å². The van der Waals surface area contributed by atoms with Crippen LogP contribution >= 0.6 is 0 Å². The summed E-state index contributed by atoms with van der Waals surface area (Å²) in [7, 11) is 0. The topological polar surface area (TPSA) is 39.7 Å². The van der Waals surface area contributed by atoms with Gasteiger partial charge in [0.1, 0.15) is 0 Å². The van der Waals surface area contributed by atoms with Gasteiger partial charge in [-0.3, -0.25) is 19.6 Å². The van der Waals surface area contributed by atoms with Gasteiger partial charge in [0.25, 0.3) is 0 Å². The van der Waals surface area contributed by atoms with Crippen LogP contribution in [0.3, 0.4) is 0 Å². The van der Waals surface area contributed by atoms with Crippen molar-refractivity contribution in [3.05, 3.63) is 30.1 Å². The largest absolute Gasteiger partial charge is 0.337 e. The van der Waals surface area contributed by atoms with Gasteiger partial charge in [0.05, 0.1) is 5.92 Å². The molecule has 0 N–H and O–H groups in total. The maximum Gasteiger partial charge on any atom is 0.227 e. The van der Waals surface area contributed by atoms with E-state index in [9.17, 15) is 4.79 Å². The Morgan fingerprint density at radius 2 is 1.90 bits per heavy atom. The second-order valence-electron chi connectivity index (χ2n) is 9.87. The van der Waals surface area contributed by atoms with Gasteiger partial charge in [-0.2, -0.15) is 0 Å². The predicted octanol–water partition coefficient (Wildman–Crippen LogP) is 3.30. The molecule has 29 heavy (non-hydrogen) atoms. The predicted molar refractivity (Wildman–Crippen MR) is 114 cm³/mol. The van der Waals surface area contributed by atoms with Crippen molar-refractivity contribution in [3.63, 3.8) is 0 Å². The lowest BCUT2D eigenvalue weighted by atomic mass is 9.90. The van der Waals surface area contributed by atoms with Gasteiger partial charge >= 0.3 is 0 Å². The molecule has 5 heteroatoms. The summed E-state index contributed by atoms with van der Waals surface area (Å²) in [5.41, 5.74) is 1.60. The number of amides is 1. The van der Waals surface area contributed by atoms with E-state index in [0.717, 1.165) is 39.1 Å². The first-order chi connectivity index (χ1) is 14.2. The summed E-state index contributed by atoms with van der Waals surface area (Å²) in [6, 6.07) is 4.86. The van der Waals surface area contributed by atoms with Crippen molar-refractivity contribution >= 4 is 5.91 Å². The highest BCUT2D eigenvalue weighted by atomic mass is 16.2. The van der Waals surface area contributed by atoms with Crippen molar-refractivity contribution in [2.75, 3.05) is 32.7 Å². The van der Waals surface area contributed by atoms with Crippen molar-refractivity contribution in [1.82, 2.24) is 19.7 Å². The van der Waals surface area contributed by atoms with Gasteiger partial charge in [-0.1, -0.05) is 6.07 Å². The fourth-order valence-electron chi connectivity index (χ4n) is 6.06. The van der Waals surface area contributed by atoms with Crippen LogP contribution < -0.4 is 0 Å². The molecule has 1 amide bonds. The van der Waals surface area contributed by atoms with Crippen molar-refractivity contribution < 1.29 is 4.79 Å². The van der Waals surface area contributed by atoms with Crippen molar-refractivity contribution in [2.24, 2.45) is 5.92 Å². The van der Waals surface area contributed by atoms with E-state index in [1.54, 1.807) is 0 Å². The Kier molecular flexibility index (Phi) is 5.61. The van der Waals surface area contributed by atoms with E-state index in [1.165, 1.54) is 63.5 Å². The van der Waals surface area contributed by atoms with E-state index < -0.39 is 0 Å². The number of hydrogen-bond donors (Lipinski definition) is 0. The molecule has 1 saturated carbocycles. The zero-order valence-corrected chi connectivity index (χ0v) is 17.8. The fourth-order valence-corrected chi connectivity index (χ4v) is 6.06. The maximum absolute atomic E-state index is 13.4. The first-order valence-electron chi connectivity index (χ1n) is 11.9. The van der Waals surface area contributed by atoms with Gasteiger partial charge in [0, 0.05) is 43.6 Å². The molecule has 4 heterocycles. The average Bonchev–Trinajstić information content (AvgIpc) is 3.54. The van der Waals surface area contributed by atoms with Crippen LogP contribution in [0.1, 0.15) is 63.4 Å². The molecule has 3 saturated heterocycles. The Hall–Kier alpha value is -1.46. The van der Waals surface area contributed by atoms with Gasteiger partial charge in [-0.15, -0.1) is 0 Å². The molecule has 0 bridgehead atoms. The third-order valence-electron chi connectivity index (χ3n) is 7.94. The van der Waals surface area contributed by atoms with Gasteiger partial charge in [0.2, 0.25) is 5.91 Å². The van der Waals surface area contributed by atoms with Crippen LogP contribution in [0, 0.1) is 5.92 Å². The molecule has 5 nitrogen and oxygen atoms in total. The Morgan fingerprint density at radius 1 is 1.03 bits per heavy atom. The van der Waals surface area contributed by atoms with Crippen LogP contribution in [-0.2, 0) is 11.3 Å². The number of hydrogen-bond acceptors (Lipinski definition) is 4. The summed E-state index contributed by atoms with van der Waals surface area (Å²) in [4.78, 5) is 25.2. The molecule has 1 atom stereocenters. The number of pyridine rings is 1. The number of aromatic nitrogens is 1. The monoisotopic (exact) mass is 396 g/mol. The standard InChI is InChI=1S/C24H36N4O/c29-23(28-14-2-1-9-24(28)10-11-24)21-6-4-13-27(19-21)22-7-15-26(16-8-22)18-20-5-3-12-25-17-20/h3,5,12,17,21-22H,1-2,4,6-11,13-16,18-19H2/t21-/m0/s1. The average molecular weight is 397 g/mol. The lowest BCUT2D eigenvalue weighted by Gasteiger charge is -2.44. The molecule has 1 aromatic rings.